The molecule has 1 aliphatic rings. The summed E-state index contributed by atoms with van der Waals surface area (Å²) in [6, 6.07) is 27.3. The highest BCUT2D eigenvalue weighted by atomic mass is 35.5. The lowest BCUT2D eigenvalue weighted by Crippen LogP contribution is -2.34. The van der Waals surface area contributed by atoms with Crippen LogP contribution in [0.4, 0.5) is 0 Å². The molecule has 228 valence electrons. The third-order valence-corrected chi connectivity index (χ3v) is 9.11. The highest BCUT2D eigenvalue weighted by Gasteiger charge is 2.29. The van der Waals surface area contributed by atoms with Gasteiger partial charge in [-0.05, 0) is 75.4 Å². The number of hydrogen-bond acceptors (Lipinski definition) is 6. The molecule has 0 unspecified atom stereocenters. The molecule has 1 saturated carbocycles. The normalized spacial score (nSPS) is 17.4. The molecule has 0 spiro atoms. The van der Waals surface area contributed by atoms with Gasteiger partial charge in [0, 0.05) is 46.0 Å². The quantitative estimate of drug-likeness (QED) is 0.157. The maximum atomic E-state index is 10.5. The van der Waals surface area contributed by atoms with Gasteiger partial charge in [0.25, 0.3) is 10.1 Å². The van der Waals surface area contributed by atoms with E-state index in [-0.39, 0.29) is 4.90 Å². The number of aryl methyl sites for hydroxylation is 1. The molecule has 1 atom stereocenters. The third kappa shape index (κ3) is 7.98. The van der Waals surface area contributed by atoms with Crippen molar-refractivity contribution < 1.29 is 13.0 Å². The topological polar surface area (TPSA) is 121 Å². The summed E-state index contributed by atoms with van der Waals surface area (Å²) < 4.78 is 29.6. The van der Waals surface area contributed by atoms with Gasteiger partial charge in [0.1, 0.15) is 12.0 Å². The SMILES string of the molecule is C[C@@H](N[C@H]1CC[C@H](c2[nH]nc(-c3ccc(Cl)cc3)c2-c2ccncn2)CC1)c1ccccc1.Cc1ccc(S(=O)(=O)O)cc1. The van der Waals surface area contributed by atoms with Gasteiger partial charge in [0.15, 0.2) is 0 Å². The molecule has 0 radical (unpaired) electrons. The van der Waals surface area contributed by atoms with Gasteiger partial charge in [-0.25, -0.2) is 9.97 Å². The summed E-state index contributed by atoms with van der Waals surface area (Å²) in [5, 5.41) is 12.7. The average Bonchev–Trinajstić information content (AvgIpc) is 3.48. The maximum absolute atomic E-state index is 10.5. The first-order chi connectivity index (χ1) is 21.2. The number of aromatic amines is 1. The lowest BCUT2D eigenvalue weighted by Gasteiger charge is -2.31. The van der Waals surface area contributed by atoms with Crippen molar-refractivity contribution in [2.24, 2.45) is 0 Å². The van der Waals surface area contributed by atoms with Gasteiger partial charge >= 0.3 is 0 Å². The molecule has 10 heteroatoms. The van der Waals surface area contributed by atoms with Gasteiger partial charge in [0.05, 0.1) is 10.6 Å². The highest BCUT2D eigenvalue weighted by molar-refractivity contribution is 7.85. The zero-order valence-electron chi connectivity index (χ0n) is 24.7. The Morgan fingerprint density at radius 3 is 2.23 bits per heavy atom. The van der Waals surface area contributed by atoms with Crippen LogP contribution in [0.15, 0.2) is 102 Å². The zero-order chi connectivity index (χ0) is 31.1. The van der Waals surface area contributed by atoms with E-state index < -0.39 is 10.1 Å². The summed E-state index contributed by atoms with van der Waals surface area (Å²) in [6.45, 7) is 4.09. The maximum Gasteiger partial charge on any atom is 0.294 e. The summed E-state index contributed by atoms with van der Waals surface area (Å²) in [7, 11) is -4.02. The summed E-state index contributed by atoms with van der Waals surface area (Å²) in [5.74, 6) is 0.425. The number of halogens is 1. The zero-order valence-corrected chi connectivity index (χ0v) is 26.3. The Morgan fingerprint density at radius 2 is 1.61 bits per heavy atom. The third-order valence-electron chi connectivity index (χ3n) is 7.99. The first-order valence-corrected chi connectivity index (χ1v) is 16.5. The van der Waals surface area contributed by atoms with Gasteiger partial charge in [-0.15, -0.1) is 0 Å². The van der Waals surface area contributed by atoms with Gasteiger partial charge in [0.2, 0.25) is 0 Å². The van der Waals surface area contributed by atoms with E-state index in [0.717, 1.165) is 53.8 Å². The van der Waals surface area contributed by atoms with E-state index in [1.165, 1.54) is 23.4 Å². The molecular formula is C34H36ClN5O3S. The van der Waals surface area contributed by atoms with E-state index in [1.54, 1.807) is 24.7 Å². The van der Waals surface area contributed by atoms with Gasteiger partial charge < -0.3 is 5.32 Å². The molecule has 0 saturated heterocycles. The predicted molar refractivity (Wildman–Crippen MR) is 174 cm³/mol. The van der Waals surface area contributed by atoms with E-state index in [1.807, 2.05) is 37.3 Å². The number of aromatic nitrogens is 4. The Labute approximate surface area is 263 Å². The highest BCUT2D eigenvalue weighted by Crippen LogP contribution is 2.41. The van der Waals surface area contributed by atoms with E-state index >= 15 is 0 Å². The molecule has 3 N–H and O–H groups in total. The van der Waals surface area contributed by atoms with Crippen molar-refractivity contribution in [3.63, 3.8) is 0 Å². The molecule has 5 aromatic rings. The molecule has 1 fully saturated rings. The lowest BCUT2D eigenvalue weighted by molar-refractivity contribution is 0.319. The Morgan fingerprint density at radius 1 is 0.932 bits per heavy atom. The van der Waals surface area contributed by atoms with Crippen LogP contribution in [-0.2, 0) is 10.1 Å². The second-order valence-electron chi connectivity index (χ2n) is 11.1. The molecule has 0 bridgehead atoms. The summed E-state index contributed by atoms with van der Waals surface area (Å²) in [6.07, 6.45) is 7.89. The fraction of sp³-hybridized carbons (Fsp3) is 0.265. The van der Waals surface area contributed by atoms with Crippen LogP contribution in [-0.4, -0.2) is 39.2 Å². The molecule has 1 aliphatic carbocycles. The fourth-order valence-electron chi connectivity index (χ4n) is 5.62. The van der Waals surface area contributed by atoms with Crippen LogP contribution in [0, 0.1) is 6.92 Å². The van der Waals surface area contributed by atoms with Crippen LogP contribution in [0.25, 0.3) is 22.5 Å². The summed E-state index contributed by atoms with van der Waals surface area (Å²) >= 11 is 6.12. The van der Waals surface area contributed by atoms with Gasteiger partial charge in [-0.3, -0.25) is 9.65 Å². The van der Waals surface area contributed by atoms with Crippen LogP contribution in [0.5, 0.6) is 0 Å². The molecular weight excluding hydrogens is 594 g/mol. The second-order valence-corrected chi connectivity index (χ2v) is 13.0. The van der Waals surface area contributed by atoms with Crippen molar-refractivity contribution in [3.05, 3.63) is 119 Å². The van der Waals surface area contributed by atoms with Crippen LogP contribution in [0.1, 0.15) is 61.4 Å². The van der Waals surface area contributed by atoms with E-state index in [9.17, 15) is 8.42 Å². The van der Waals surface area contributed by atoms with Crippen molar-refractivity contribution >= 4 is 21.7 Å². The molecule has 3 aromatic carbocycles. The van der Waals surface area contributed by atoms with Crippen molar-refractivity contribution in [1.29, 1.82) is 0 Å². The Bertz CT molecular complexity index is 1740. The van der Waals surface area contributed by atoms with Crippen molar-refractivity contribution in [1.82, 2.24) is 25.5 Å². The van der Waals surface area contributed by atoms with Crippen LogP contribution in [0.2, 0.25) is 5.02 Å². The monoisotopic (exact) mass is 629 g/mol. The van der Waals surface area contributed by atoms with Gasteiger partial charge in [-0.1, -0.05) is 71.8 Å². The smallest absolute Gasteiger partial charge is 0.294 e. The number of benzene rings is 3. The Balaban J connectivity index is 0.000000296. The van der Waals surface area contributed by atoms with E-state index in [4.69, 9.17) is 21.3 Å². The van der Waals surface area contributed by atoms with Crippen LogP contribution in [0.3, 0.4) is 0 Å². The van der Waals surface area contributed by atoms with Crippen molar-refractivity contribution in [3.8, 4) is 22.5 Å². The average molecular weight is 630 g/mol. The summed E-state index contributed by atoms with van der Waals surface area (Å²) in [4.78, 5) is 8.60. The van der Waals surface area contributed by atoms with Crippen molar-refractivity contribution in [2.45, 2.75) is 62.4 Å². The Hall–Kier alpha value is -3.89. The predicted octanol–water partition coefficient (Wildman–Crippen LogP) is 7.81. The Kier molecular flexibility index (Phi) is 10.2. The first-order valence-electron chi connectivity index (χ1n) is 14.6. The standard InChI is InChI=1S/C27H28ClN5.C7H8O3S/c1-18(19-5-3-2-4-6-19)31-23-13-9-21(10-14-23)27-25(24-15-16-29-17-30-24)26(32-33-27)20-7-11-22(28)12-8-20;1-6-2-4-7(5-3-6)11(8,9)10/h2-8,11-12,15-18,21,23,31H,9-10,13-14H2,1H3,(H,32,33);2-5H,1H3,(H,8,9,10)/t18-,21-,23-;/m1./s1. The fourth-order valence-corrected chi connectivity index (χ4v) is 6.22. The van der Waals surface area contributed by atoms with E-state index in [0.29, 0.717) is 23.0 Å². The minimum atomic E-state index is -4.02. The largest absolute Gasteiger partial charge is 0.307 e. The lowest BCUT2D eigenvalue weighted by atomic mass is 9.81. The second kappa shape index (κ2) is 14.3. The van der Waals surface area contributed by atoms with Crippen molar-refractivity contribution in [2.75, 3.05) is 0 Å². The van der Waals surface area contributed by atoms with E-state index in [2.05, 4.69) is 57.6 Å². The van der Waals surface area contributed by atoms with Gasteiger partial charge in [-0.2, -0.15) is 13.5 Å². The number of H-pyrrole nitrogens is 1. The minimum Gasteiger partial charge on any atom is -0.307 e. The van der Waals surface area contributed by atoms with Crippen LogP contribution >= 0.6 is 11.6 Å². The molecule has 0 amide bonds. The molecule has 0 aliphatic heterocycles. The number of hydrogen-bond donors (Lipinski definition) is 3. The number of nitrogens with zero attached hydrogens (tertiary/aromatic N) is 3. The molecule has 44 heavy (non-hydrogen) atoms. The van der Waals surface area contributed by atoms with Crippen LogP contribution < -0.4 is 5.32 Å². The molecule has 2 heterocycles. The molecule has 6 rings (SSSR count). The number of nitrogens with one attached hydrogen (secondary N) is 2. The minimum absolute atomic E-state index is 0.0666. The molecule has 8 nitrogen and oxygen atoms in total. The summed E-state index contributed by atoms with van der Waals surface area (Å²) in [5.41, 5.74) is 7.39. The molecule has 2 aromatic heterocycles. The first kappa shape index (κ1) is 31.5. The number of rotatable bonds is 7.